The molecule has 1 saturated heterocycles. The summed E-state index contributed by atoms with van der Waals surface area (Å²) >= 11 is 1.35. The molecule has 174 valence electrons. The largest absolute Gasteiger partial charge is 0.490 e. The molecule has 10 heteroatoms. The average Bonchev–Trinajstić information content (AvgIpc) is 3.18. The summed E-state index contributed by atoms with van der Waals surface area (Å²) in [7, 11) is -3.30. The van der Waals surface area contributed by atoms with Gasteiger partial charge < -0.3 is 14.8 Å². The first kappa shape index (κ1) is 23.2. The Morgan fingerprint density at radius 3 is 2.42 bits per heavy atom. The van der Waals surface area contributed by atoms with Crippen LogP contribution in [0.1, 0.15) is 28.9 Å². The normalized spacial score (nSPS) is 14.6. The molecule has 0 aliphatic carbocycles. The number of hydrogen-bond acceptors (Lipinski definition) is 8. The number of aromatic nitrogens is 1. The Kier molecular flexibility index (Phi) is 6.96. The summed E-state index contributed by atoms with van der Waals surface area (Å²) in [5.41, 5.74) is 1.21. The van der Waals surface area contributed by atoms with E-state index in [0.717, 1.165) is 37.9 Å². The van der Waals surface area contributed by atoms with E-state index in [2.05, 4.69) is 15.6 Å². The lowest BCUT2D eigenvalue weighted by atomic mass is 10.1. The van der Waals surface area contributed by atoms with Gasteiger partial charge in [-0.1, -0.05) is 0 Å². The molecule has 8 nitrogen and oxygen atoms in total. The molecule has 0 atom stereocenters. The van der Waals surface area contributed by atoms with Crippen molar-refractivity contribution in [3.63, 3.8) is 0 Å². The van der Waals surface area contributed by atoms with Gasteiger partial charge in [0.15, 0.2) is 15.0 Å². The maximum atomic E-state index is 12.9. The summed E-state index contributed by atoms with van der Waals surface area (Å²) in [4.78, 5) is 17.4. The van der Waals surface area contributed by atoms with E-state index in [4.69, 9.17) is 9.47 Å². The minimum atomic E-state index is -3.30. The number of amides is 1. The fraction of sp³-hybridized carbons (Fsp3) is 0.304. The predicted octanol–water partition coefficient (Wildman–Crippen LogP) is 4.03. The highest BCUT2D eigenvalue weighted by atomic mass is 32.2. The maximum absolute atomic E-state index is 12.9. The molecule has 1 amide bonds. The van der Waals surface area contributed by atoms with Crippen LogP contribution >= 0.6 is 11.3 Å². The van der Waals surface area contributed by atoms with Crippen molar-refractivity contribution in [3.8, 4) is 17.2 Å². The zero-order valence-electron chi connectivity index (χ0n) is 18.3. The number of sulfone groups is 1. The van der Waals surface area contributed by atoms with Crippen LogP contribution in [0.5, 0.6) is 17.2 Å². The zero-order chi connectivity index (χ0) is 23.4. The van der Waals surface area contributed by atoms with Crippen LogP contribution in [0, 0.1) is 6.92 Å². The van der Waals surface area contributed by atoms with Crippen LogP contribution in [0.3, 0.4) is 0 Å². The Bertz CT molecular complexity index is 1230. The molecule has 4 rings (SSSR count). The van der Waals surface area contributed by atoms with Gasteiger partial charge >= 0.3 is 0 Å². The molecule has 3 aromatic rings. The lowest BCUT2D eigenvalue weighted by Crippen LogP contribution is -2.34. The van der Waals surface area contributed by atoms with E-state index in [-0.39, 0.29) is 16.9 Å². The van der Waals surface area contributed by atoms with Crippen LogP contribution in [0.25, 0.3) is 0 Å². The monoisotopic (exact) mass is 487 g/mol. The van der Waals surface area contributed by atoms with Crippen LogP contribution in [-0.4, -0.2) is 44.8 Å². The van der Waals surface area contributed by atoms with Gasteiger partial charge in [0.05, 0.1) is 10.6 Å². The predicted molar refractivity (Wildman–Crippen MR) is 127 cm³/mol. The second-order valence-electron chi connectivity index (χ2n) is 7.85. The molecule has 0 radical (unpaired) electrons. The van der Waals surface area contributed by atoms with Gasteiger partial charge in [-0.3, -0.25) is 10.1 Å². The fourth-order valence-electron chi connectivity index (χ4n) is 3.41. The number of thiazole rings is 1. The number of nitrogens with one attached hydrogen (secondary N) is 2. The first-order valence-electron chi connectivity index (χ1n) is 10.5. The highest BCUT2D eigenvalue weighted by Crippen LogP contribution is 2.30. The van der Waals surface area contributed by atoms with E-state index in [1.165, 1.54) is 23.5 Å². The van der Waals surface area contributed by atoms with E-state index in [1.54, 1.807) is 30.3 Å². The molecular formula is C23H25N3O5S2. The van der Waals surface area contributed by atoms with E-state index >= 15 is 0 Å². The highest BCUT2D eigenvalue weighted by molar-refractivity contribution is 7.90. The Balaban J connectivity index is 1.59. The van der Waals surface area contributed by atoms with Crippen molar-refractivity contribution in [2.45, 2.75) is 30.8 Å². The lowest BCUT2D eigenvalue weighted by Gasteiger charge is -2.24. The van der Waals surface area contributed by atoms with Crippen LogP contribution < -0.4 is 20.1 Å². The fourth-order valence-corrected chi connectivity index (χ4v) is 4.72. The molecule has 1 aromatic heterocycles. The second kappa shape index (κ2) is 9.90. The van der Waals surface area contributed by atoms with Crippen molar-refractivity contribution in [1.82, 2.24) is 10.3 Å². The minimum absolute atomic E-state index is 0.0491. The number of hydrogen-bond donors (Lipinski definition) is 2. The number of nitrogens with zero attached hydrogens (tertiary/aromatic N) is 1. The number of piperidine rings is 1. The summed E-state index contributed by atoms with van der Waals surface area (Å²) in [6.45, 7) is 3.62. The molecule has 1 aliphatic rings. The van der Waals surface area contributed by atoms with Crippen molar-refractivity contribution in [2.75, 3.05) is 24.7 Å². The molecule has 0 bridgehead atoms. The Hall–Kier alpha value is -2.95. The van der Waals surface area contributed by atoms with Crippen molar-refractivity contribution >= 4 is 32.2 Å². The van der Waals surface area contributed by atoms with Crippen LogP contribution in [0.2, 0.25) is 0 Å². The standard InChI is InChI=1S/C23H25N3O5S2/c1-15-14-32-23(25-15)26-22(27)16-11-19(13-20(12-16)31-18-7-9-24-10-8-18)30-17-3-5-21(6-4-17)33(2,28)29/h3-6,11-14,18,24H,7-10H2,1-2H3,(H,25,26,27). The van der Waals surface area contributed by atoms with Crippen LogP contribution in [0.15, 0.2) is 52.7 Å². The first-order valence-corrected chi connectivity index (χ1v) is 13.3. The molecule has 2 heterocycles. The molecule has 33 heavy (non-hydrogen) atoms. The van der Waals surface area contributed by atoms with Crippen LogP contribution in [0.4, 0.5) is 5.13 Å². The number of carbonyl (C=O) groups is 1. The third-order valence-electron chi connectivity index (χ3n) is 5.06. The number of ether oxygens (including phenoxy) is 2. The smallest absolute Gasteiger partial charge is 0.257 e. The number of carbonyl (C=O) groups excluding carboxylic acids is 1. The van der Waals surface area contributed by atoms with Gasteiger partial charge in [0.25, 0.3) is 5.91 Å². The Labute approximate surface area is 196 Å². The number of aryl methyl sites for hydroxylation is 1. The Morgan fingerprint density at radius 2 is 1.79 bits per heavy atom. The van der Waals surface area contributed by atoms with Crippen molar-refractivity contribution < 1.29 is 22.7 Å². The maximum Gasteiger partial charge on any atom is 0.257 e. The van der Waals surface area contributed by atoms with Crippen molar-refractivity contribution in [1.29, 1.82) is 0 Å². The summed E-state index contributed by atoms with van der Waals surface area (Å²) in [5.74, 6) is 1.07. The summed E-state index contributed by atoms with van der Waals surface area (Å²) in [6.07, 6.45) is 2.95. The third-order valence-corrected chi connectivity index (χ3v) is 7.06. The van der Waals surface area contributed by atoms with E-state index in [9.17, 15) is 13.2 Å². The van der Waals surface area contributed by atoms with Gasteiger partial charge in [0.1, 0.15) is 23.4 Å². The highest BCUT2D eigenvalue weighted by Gasteiger charge is 2.18. The van der Waals surface area contributed by atoms with E-state index < -0.39 is 9.84 Å². The van der Waals surface area contributed by atoms with Crippen molar-refractivity contribution in [3.05, 3.63) is 59.1 Å². The van der Waals surface area contributed by atoms with Gasteiger partial charge in [-0.25, -0.2) is 13.4 Å². The lowest BCUT2D eigenvalue weighted by molar-refractivity contribution is 0.102. The molecular weight excluding hydrogens is 462 g/mol. The molecule has 0 spiro atoms. The summed E-state index contributed by atoms with van der Waals surface area (Å²) < 4.78 is 35.5. The molecule has 2 aromatic carbocycles. The molecule has 1 fully saturated rings. The van der Waals surface area contributed by atoms with Gasteiger partial charge in [-0.15, -0.1) is 11.3 Å². The second-order valence-corrected chi connectivity index (χ2v) is 10.7. The summed E-state index contributed by atoms with van der Waals surface area (Å²) in [5, 5.41) is 8.48. The SMILES string of the molecule is Cc1csc(NC(=O)c2cc(Oc3ccc(S(C)(=O)=O)cc3)cc(OC3CCNCC3)c2)n1. The third kappa shape index (κ3) is 6.31. The number of anilines is 1. The minimum Gasteiger partial charge on any atom is -0.490 e. The molecule has 0 saturated carbocycles. The molecule has 1 aliphatic heterocycles. The average molecular weight is 488 g/mol. The first-order chi connectivity index (χ1) is 15.8. The van der Waals surface area contributed by atoms with Gasteiger partial charge in [-0.05, 0) is 69.3 Å². The number of benzene rings is 2. The van der Waals surface area contributed by atoms with Gasteiger partial charge in [0.2, 0.25) is 0 Å². The van der Waals surface area contributed by atoms with Gasteiger partial charge in [-0.2, -0.15) is 0 Å². The van der Waals surface area contributed by atoms with E-state index in [1.807, 2.05) is 12.3 Å². The van der Waals surface area contributed by atoms with Gasteiger partial charge in [0, 0.05) is 23.3 Å². The van der Waals surface area contributed by atoms with Crippen molar-refractivity contribution in [2.24, 2.45) is 0 Å². The topological polar surface area (TPSA) is 107 Å². The van der Waals surface area contributed by atoms with E-state index in [0.29, 0.717) is 27.9 Å². The molecule has 2 N–H and O–H groups in total. The zero-order valence-corrected chi connectivity index (χ0v) is 20.0. The molecule has 0 unspecified atom stereocenters. The number of rotatable bonds is 7. The van der Waals surface area contributed by atoms with Crippen LogP contribution in [-0.2, 0) is 9.84 Å². The summed E-state index contributed by atoms with van der Waals surface area (Å²) in [6, 6.07) is 11.2. The quantitative estimate of drug-likeness (QED) is 0.518. The Morgan fingerprint density at radius 1 is 1.09 bits per heavy atom.